The van der Waals surface area contributed by atoms with Crippen LogP contribution in [0, 0.1) is 0 Å². The number of unbranched alkanes of at least 4 members (excludes halogenated alkanes) is 4. The number of aromatic amines is 2. The quantitative estimate of drug-likeness (QED) is 0.0501. The van der Waals surface area contributed by atoms with E-state index in [2.05, 4.69) is 34.3 Å². The molecule has 2 heterocycles. The number of rotatable bonds is 20. The summed E-state index contributed by atoms with van der Waals surface area (Å²) < 4.78 is 11.4. The number of ether oxygens (including phenoxy) is 2. The summed E-state index contributed by atoms with van der Waals surface area (Å²) in [5.41, 5.74) is 10.9. The Morgan fingerprint density at radius 3 is 2.20 bits per heavy atom. The molecule has 0 aliphatic heterocycles. The van der Waals surface area contributed by atoms with Gasteiger partial charge in [0.2, 0.25) is 5.91 Å². The molecular weight excluding hydrogens is 642 g/mol. The third-order valence-corrected chi connectivity index (χ3v) is 9.39. The molecule has 5 rings (SSSR count). The van der Waals surface area contributed by atoms with Crippen LogP contribution in [0.3, 0.4) is 0 Å². The Balaban J connectivity index is 1.43. The van der Waals surface area contributed by atoms with Crippen LogP contribution >= 0.6 is 0 Å². The first kappa shape index (κ1) is 37.2. The van der Waals surface area contributed by atoms with Gasteiger partial charge in [0.15, 0.2) is 0 Å². The number of aromatic nitrogens is 2. The number of fused-ring (bicyclic) bond motifs is 2. The van der Waals surface area contributed by atoms with Gasteiger partial charge in [0, 0.05) is 65.3 Å². The number of anilines is 1. The lowest BCUT2D eigenvalue weighted by atomic mass is 10.1. The van der Waals surface area contributed by atoms with Crippen LogP contribution in [0.1, 0.15) is 79.8 Å². The second-order valence-corrected chi connectivity index (χ2v) is 12.9. The van der Waals surface area contributed by atoms with Crippen molar-refractivity contribution in [3.63, 3.8) is 0 Å². The molecule has 0 aliphatic rings. The number of esters is 1. The fraction of sp³-hybridized carbons (Fsp3) is 0.390. The van der Waals surface area contributed by atoms with E-state index in [0.29, 0.717) is 63.2 Å². The second kappa shape index (κ2) is 18.8. The Labute approximate surface area is 300 Å². The molecule has 3 aromatic carbocycles. The summed E-state index contributed by atoms with van der Waals surface area (Å²) in [6.07, 6.45) is 11.4. The van der Waals surface area contributed by atoms with Crippen molar-refractivity contribution in [3.05, 3.63) is 95.8 Å². The third-order valence-electron chi connectivity index (χ3n) is 9.39. The van der Waals surface area contributed by atoms with Crippen LogP contribution in [0.4, 0.5) is 5.69 Å². The van der Waals surface area contributed by atoms with E-state index in [1.54, 1.807) is 18.2 Å². The van der Waals surface area contributed by atoms with Gasteiger partial charge < -0.3 is 35.4 Å². The van der Waals surface area contributed by atoms with Crippen molar-refractivity contribution >= 4 is 45.3 Å². The van der Waals surface area contributed by atoms with Crippen molar-refractivity contribution in [2.24, 2.45) is 5.73 Å². The number of benzene rings is 3. The summed E-state index contributed by atoms with van der Waals surface area (Å²) in [5.74, 6) is -0.608. The summed E-state index contributed by atoms with van der Waals surface area (Å²) >= 11 is 0. The molecule has 5 aromatic rings. The topological polar surface area (TPSA) is 143 Å². The summed E-state index contributed by atoms with van der Waals surface area (Å²) in [5, 5.41) is 5.11. The molecule has 2 amide bonds. The van der Waals surface area contributed by atoms with Crippen LogP contribution < -0.4 is 20.7 Å². The Morgan fingerprint density at radius 2 is 1.53 bits per heavy atom. The van der Waals surface area contributed by atoms with E-state index in [0.717, 1.165) is 65.0 Å². The Kier molecular flexibility index (Phi) is 13.7. The Hall–Kier alpha value is -5.09. The summed E-state index contributed by atoms with van der Waals surface area (Å²) in [4.78, 5) is 48.7. The van der Waals surface area contributed by atoms with E-state index >= 15 is 0 Å². The molecular formula is C41H51N5O5. The molecule has 5 N–H and O–H groups in total. The second-order valence-electron chi connectivity index (χ2n) is 12.9. The maximum atomic E-state index is 13.9. The van der Waals surface area contributed by atoms with Gasteiger partial charge in [0.05, 0.1) is 19.3 Å². The third kappa shape index (κ3) is 9.79. The van der Waals surface area contributed by atoms with Gasteiger partial charge in [-0.15, -0.1) is 0 Å². The standard InChI is InChI=1S/C41H51N5O5/c1-3-4-5-6-18-39(47)46(24-21-29-27-43-35-15-9-7-13-32(29)35)31-19-20-34(40(48)45-37(41(49)50-2)17-11-12-23-42)38(26-31)51-25-22-30-28-44-36-16-10-8-14-33(30)36/h7-10,13-16,19-20,26-28,37,43-44H,3-6,11-12,17-18,21-25,42H2,1-2H3,(H,45,48)/t37-/m0/s1. The highest BCUT2D eigenvalue weighted by atomic mass is 16.5. The van der Waals surface area contributed by atoms with Crippen LogP contribution in [0.5, 0.6) is 5.75 Å². The SMILES string of the molecule is CCCCCCC(=O)N(CCc1c[nH]c2ccccc12)c1ccc(C(=O)N[C@@H](CCCCN)C(=O)OC)c(OCCc2c[nH]c3ccccc23)c1. The van der Waals surface area contributed by atoms with E-state index in [1.165, 1.54) is 7.11 Å². The molecule has 0 radical (unpaired) electrons. The molecule has 0 saturated carbocycles. The van der Waals surface area contributed by atoms with E-state index < -0.39 is 17.9 Å². The van der Waals surface area contributed by atoms with Crippen LogP contribution in [0.25, 0.3) is 21.8 Å². The summed E-state index contributed by atoms with van der Waals surface area (Å²) in [7, 11) is 1.31. The molecule has 10 nitrogen and oxygen atoms in total. The average molecular weight is 694 g/mol. The zero-order valence-corrected chi connectivity index (χ0v) is 29.8. The number of hydrogen-bond donors (Lipinski definition) is 4. The predicted molar refractivity (Wildman–Crippen MR) is 203 cm³/mol. The molecule has 51 heavy (non-hydrogen) atoms. The predicted octanol–water partition coefficient (Wildman–Crippen LogP) is 7.22. The zero-order valence-electron chi connectivity index (χ0n) is 29.8. The van der Waals surface area contributed by atoms with Crippen molar-refractivity contribution < 1.29 is 23.9 Å². The molecule has 0 aliphatic carbocycles. The fourth-order valence-corrected chi connectivity index (χ4v) is 6.52. The van der Waals surface area contributed by atoms with Gasteiger partial charge in [-0.25, -0.2) is 4.79 Å². The minimum atomic E-state index is -0.829. The maximum absolute atomic E-state index is 13.9. The van der Waals surface area contributed by atoms with Crippen LogP contribution in [-0.4, -0.2) is 60.6 Å². The first-order valence-corrected chi connectivity index (χ1v) is 18.2. The Morgan fingerprint density at radius 1 is 0.843 bits per heavy atom. The van der Waals surface area contributed by atoms with Gasteiger partial charge in [-0.05, 0) is 74.0 Å². The number of methoxy groups -OCH3 is 1. The number of nitrogens with two attached hydrogens (primary N) is 1. The average Bonchev–Trinajstić information content (AvgIpc) is 3.77. The highest BCUT2D eigenvalue weighted by Crippen LogP contribution is 2.29. The van der Waals surface area contributed by atoms with Gasteiger partial charge in [0.1, 0.15) is 11.8 Å². The van der Waals surface area contributed by atoms with Gasteiger partial charge in [-0.1, -0.05) is 62.6 Å². The van der Waals surface area contributed by atoms with Crippen molar-refractivity contribution in [1.29, 1.82) is 0 Å². The highest BCUT2D eigenvalue weighted by molar-refractivity contribution is 6.01. The normalized spacial score (nSPS) is 11.8. The maximum Gasteiger partial charge on any atom is 0.328 e. The molecule has 0 fully saturated rings. The lowest BCUT2D eigenvalue weighted by molar-refractivity contribution is -0.143. The van der Waals surface area contributed by atoms with Gasteiger partial charge in [0.25, 0.3) is 5.91 Å². The minimum Gasteiger partial charge on any atom is -0.492 e. The molecule has 0 saturated heterocycles. The first-order chi connectivity index (χ1) is 24.9. The number of para-hydroxylation sites is 2. The van der Waals surface area contributed by atoms with E-state index in [1.807, 2.05) is 53.7 Å². The summed E-state index contributed by atoms with van der Waals surface area (Å²) in [6.45, 7) is 3.40. The van der Waals surface area contributed by atoms with E-state index in [4.69, 9.17) is 15.2 Å². The molecule has 10 heteroatoms. The zero-order chi connectivity index (χ0) is 36.0. The van der Waals surface area contributed by atoms with Gasteiger partial charge >= 0.3 is 5.97 Å². The number of carbonyl (C=O) groups excluding carboxylic acids is 3. The number of nitrogens with one attached hydrogen (secondary N) is 3. The molecule has 0 bridgehead atoms. The van der Waals surface area contributed by atoms with Crippen molar-refractivity contribution in [2.45, 2.75) is 77.2 Å². The van der Waals surface area contributed by atoms with Gasteiger partial charge in [-0.3, -0.25) is 9.59 Å². The van der Waals surface area contributed by atoms with Crippen LogP contribution in [0.2, 0.25) is 0 Å². The molecule has 0 spiro atoms. The van der Waals surface area contributed by atoms with Crippen molar-refractivity contribution in [1.82, 2.24) is 15.3 Å². The van der Waals surface area contributed by atoms with E-state index in [9.17, 15) is 14.4 Å². The largest absolute Gasteiger partial charge is 0.492 e. The van der Waals surface area contributed by atoms with Crippen molar-refractivity contribution in [2.75, 3.05) is 31.7 Å². The fourth-order valence-electron chi connectivity index (χ4n) is 6.52. The van der Waals surface area contributed by atoms with Crippen LogP contribution in [0.15, 0.2) is 79.1 Å². The van der Waals surface area contributed by atoms with Crippen LogP contribution in [-0.2, 0) is 27.2 Å². The number of hydrogen-bond acceptors (Lipinski definition) is 6. The lowest BCUT2D eigenvalue weighted by Gasteiger charge is -2.25. The molecule has 0 unspecified atom stereocenters. The van der Waals surface area contributed by atoms with E-state index in [-0.39, 0.29) is 11.5 Å². The summed E-state index contributed by atoms with van der Waals surface area (Å²) in [6, 6.07) is 20.7. The molecule has 2 aromatic heterocycles. The number of amides is 2. The van der Waals surface area contributed by atoms with Gasteiger partial charge in [-0.2, -0.15) is 0 Å². The highest BCUT2D eigenvalue weighted by Gasteiger charge is 2.25. The number of carbonyl (C=O) groups is 3. The minimum absolute atomic E-state index is 0.0264. The van der Waals surface area contributed by atoms with Crippen molar-refractivity contribution in [3.8, 4) is 5.75 Å². The number of nitrogens with zero attached hydrogens (tertiary/aromatic N) is 1. The molecule has 1 atom stereocenters. The number of H-pyrrole nitrogens is 2. The molecule has 270 valence electrons. The smallest absolute Gasteiger partial charge is 0.328 e. The lowest BCUT2D eigenvalue weighted by Crippen LogP contribution is -2.41. The monoisotopic (exact) mass is 693 g/mol. The Bertz CT molecular complexity index is 1900. The first-order valence-electron chi connectivity index (χ1n) is 18.2.